The zero-order chi connectivity index (χ0) is 28.9. The van der Waals surface area contributed by atoms with Crippen LogP contribution in [0.5, 0.6) is 0 Å². The molecule has 2 heterocycles. The van der Waals surface area contributed by atoms with Crippen molar-refractivity contribution in [2.45, 2.75) is 39.7 Å². The second-order valence-electron chi connectivity index (χ2n) is 10.3. The highest BCUT2D eigenvalue weighted by Crippen LogP contribution is 2.34. The van der Waals surface area contributed by atoms with Crippen molar-refractivity contribution in [1.29, 1.82) is 5.26 Å². The van der Waals surface area contributed by atoms with Crippen LogP contribution in [-0.4, -0.2) is 53.1 Å². The Bertz CT molecular complexity index is 1460. The predicted molar refractivity (Wildman–Crippen MR) is 155 cm³/mol. The molecule has 2 aromatic carbocycles. The molecule has 0 unspecified atom stereocenters. The van der Waals surface area contributed by atoms with Gasteiger partial charge < -0.3 is 19.5 Å². The van der Waals surface area contributed by atoms with E-state index in [1.807, 2.05) is 11.8 Å². The Hall–Kier alpha value is -4.30. The number of amides is 2. The van der Waals surface area contributed by atoms with Gasteiger partial charge in [-0.25, -0.2) is 4.79 Å². The number of hydrogen-bond donors (Lipinski definition) is 2. The maximum atomic E-state index is 13.0. The topological polar surface area (TPSA) is 138 Å². The standard InChI is InChI=1S/C29H31N5O5S/c1-18-12-26(39-33-18)20-7-5-6-19(13-20)25(35)16-27(36)31-22-14-21(17-30)24(34-8-10-40-11-9-34)15-23(22)32-28(37)38-29(2,3)4/h5-7,12-15H,8-11,16H2,1-4H3,(H,31,36)(H,32,37). The van der Waals surface area contributed by atoms with E-state index in [4.69, 9.17) is 9.26 Å². The summed E-state index contributed by atoms with van der Waals surface area (Å²) in [7, 11) is 0. The second kappa shape index (κ2) is 12.3. The molecule has 1 aliphatic rings. The minimum atomic E-state index is -0.738. The second-order valence-corrected chi connectivity index (χ2v) is 11.5. The molecule has 2 amide bonds. The summed E-state index contributed by atoms with van der Waals surface area (Å²) in [5.74, 6) is 1.35. The first-order valence-corrected chi connectivity index (χ1v) is 14.0. The van der Waals surface area contributed by atoms with E-state index in [2.05, 4.69) is 26.8 Å². The molecule has 0 saturated carbocycles. The van der Waals surface area contributed by atoms with E-state index in [0.29, 0.717) is 33.8 Å². The lowest BCUT2D eigenvalue weighted by molar-refractivity contribution is -0.115. The first-order chi connectivity index (χ1) is 19.0. The molecule has 0 bridgehead atoms. The summed E-state index contributed by atoms with van der Waals surface area (Å²) in [5.41, 5.74) is 2.44. The van der Waals surface area contributed by atoms with Gasteiger partial charge >= 0.3 is 6.09 Å². The van der Waals surface area contributed by atoms with Crippen LogP contribution < -0.4 is 15.5 Å². The Kier molecular flexibility index (Phi) is 8.80. The number of nitrogens with zero attached hydrogens (tertiary/aromatic N) is 3. The third-order valence-corrected chi connectivity index (χ3v) is 6.88. The fraction of sp³-hybridized carbons (Fsp3) is 0.345. The Balaban J connectivity index is 1.56. The van der Waals surface area contributed by atoms with Crippen LogP contribution >= 0.6 is 11.8 Å². The number of carbonyl (C=O) groups is 3. The van der Waals surface area contributed by atoms with Crippen molar-refractivity contribution in [2.75, 3.05) is 40.1 Å². The maximum absolute atomic E-state index is 13.0. The molecule has 11 heteroatoms. The van der Waals surface area contributed by atoms with Crippen molar-refractivity contribution in [1.82, 2.24) is 5.16 Å². The molecule has 0 atom stereocenters. The normalized spacial score (nSPS) is 13.3. The van der Waals surface area contributed by atoms with Gasteiger partial charge in [-0.3, -0.25) is 14.9 Å². The minimum Gasteiger partial charge on any atom is -0.444 e. The number of benzene rings is 2. The summed E-state index contributed by atoms with van der Waals surface area (Å²) >= 11 is 1.83. The summed E-state index contributed by atoms with van der Waals surface area (Å²) in [5, 5.41) is 19.1. The number of nitriles is 1. The number of ketones is 1. The molecule has 3 aromatic rings. The summed E-state index contributed by atoms with van der Waals surface area (Å²) < 4.78 is 10.7. The molecular formula is C29H31N5O5S. The molecule has 40 heavy (non-hydrogen) atoms. The number of carbonyl (C=O) groups excluding carboxylic acids is 3. The summed E-state index contributed by atoms with van der Waals surface area (Å²) in [6, 6.07) is 13.9. The average Bonchev–Trinajstić information content (AvgIpc) is 3.35. The van der Waals surface area contributed by atoms with Crippen LogP contribution in [0.2, 0.25) is 0 Å². The Morgan fingerprint density at radius 2 is 1.82 bits per heavy atom. The number of rotatable bonds is 7. The fourth-order valence-electron chi connectivity index (χ4n) is 4.15. The molecule has 0 spiro atoms. The lowest BCUT2D eigenvalue weighted by Crippen LogP contribution is -2.33. The van der Waals surface area contributed by atoms with Gasteiger partial charge in [-0.15, -0.1) is 0 Å². The highest BCUT2D eigenvalue weighted by Gasteiger charge is 2.23. The molecule has 0 aliphatic carbocycles. The van der Waals surface area contributed by atoms with Crippen LogP contribution in [0.25, 0.3) is 11.3 Å². The molecule has 1 saturated heterocycles. The zero-order valence-electron chi connectivity index (χ0n) is 22.9. The molecule has 1 fully saturated rings. The molecule has 1 aromatic heterocycles. The van der Waals surface area contributed by atoms with Crippen molar-refractivity contribution >= 4 is 46.6 Å². The molecule has 1 aliphatic heterocycles. The Labute approximate surface area is 237 Å². The molecule has 208 valence electrons. The molecule has 10 nitrogen and oxygen atoms in total. The van der Waals surface area contributed by atoms with E-state index in [9.17, 15) is 19.6 Å². The number of aromatic nitrogens is 1. The lowest BCUT2D eigenvalue weighted by atomic mass is 10.0. The van der Waals surface area contributed by atoms with Crippen LogP contribution in [-0.2, 0) is 9.53 Å². The van der Waals surface area contributed by atoms with Crippen LogP contribution in [0.4, 0.5) is 21.9 Å². The van der Waals surface area contributed by atoms with Crippen LogP contribution in [0.3, 0.4) is 0 Å². The summed E-state index contributed by atoms with van der Waals surface area (Å²) in [4.78, 5) is 40.7. The minimum absolute atomic E-state index is 0.196. The van der Waals surface area contributed by atoms with Crippen LogP contribution in [0.15, 0.2) is 47.0 Å². The van der Waals surface area contributed by atoms with Gasteiger partial charge in [0, 0.05) is 41.8 Å². The van der Waals surface area contributed by atoms with Crippen molar-refractivity contribution < 1.29 is 23.6 Å². The SMILES string of the molecule is Cc1cc(-c2cccc(C(=O)CC(=O)Nc3cc(C#N)c(N4CCSCC4)cc3NC(=O)OC(C)(C)C)c2)on1. The van der Waals surface area contributed by atoms with Gasteiger partial charge in [-0.05, 0) is 45.9 Å². The van der Waals surface area contributed by atoms with Gasteiger partial charge in [0.1, 0.15) is 11.7 Å². The van der Waals surface area contributed by atoms with E-state index in [0.717, 1.165) is 24.6 Å². The number of aryl methyl sites for hydroxylation is 1. The van der Waals surface area contributed by atoms with E-state index in [1.165, 1.54) is 6.07 Å². The smallest absolute Gasteiger partial charge is 0.412 e. The zero-order valence-corrected chi connectivity index (χ0v) is 23.7. The predicted octanol–water partition coefficient (Wildman–Crippen LogP) is 5.63. The van der Waals surface area contributed by atoms with Gasteiger partial charge in [-0.2, -0.15) is 17.0 Å². The van der Waals surface area contributed by atoms with Gasteiger partial charge in [0.25, 0.3) is 0 Å². The van der Waals surface area contributed by atoms with Crippen molar-refractivity contribution in [3.05, 3.63) is 59.3 Å². The van der Waals surface area contributed by atoms with E-state index in [1.54, 1.807) is 64.1 Å². The number of thioether (sulfide) groups is 1. The highest BCUT2D eigenvalue weighted by atomic mass is 32.2. The number of nitrogens with one attached hydrogen (secondary N) is 2. The molecule has 0 radical (unpaired) electrons. The van der Waals surface area contributed by atoms with Gasteiger partial charge in [0.2, 0.25) is 5.91 Å². The fourth-order valence-corrected chi connectivity index (χ4v) is 5.06. The van der Waals surface area contributed by atoms with Crippen LogP contribution in [0, 0.1) is 18.3 Å². The number of Topliss-reactive ketones (excluding diaryl/α,β-unsaturated/α-hetero) is 1. The number of anilines is 3. The molecule has 2 N–H and O–H groups in total. The van der Waals surface area contributed by atoms with E-state index >= 15 is 0 Å². The third kappa shape index (κ3) is 7.42. The Morgan fingerprint density at radius 1 is 1.10 bits per heavy atom. The van der Waals surface area contributed by atoms with E-state index in [-0.39, 0.29) is 11.4 Å². The van der Waals surface area contributed by atoms with Gasteiger partial charge in [0.15, 0.2) is 11.5 Å². The van der Waals surface area contributed by atoms with Crippen LogP contribution in [0.1, 0.15) is 48.8 Å². The van der Waals surface area contributed by atoms with E-state index < -0.39 is 29.8 Å². The molecular weight excluding hydrogens is 530 g/mol. The average molecular weight is 562 g/mol. The number of ether oxygens (including phenoxy) is 1. The molecule has 4 rings (SSSR count). The van der Waals surface area contributed by atoms with Gasteiger partial charge in [-0.1, -0.05) is 23.4 Å². The van der Waals surface area contributed by atoms with Gasteiger partial charge in [0.05, 0.1) is 34.7 Å². The first-order valence-electron chi connectivity index (χ1n) is 12.8. The maximum Gasteiger partial charge on any atom is 0.412 e. The quantitative estimate of drug-likeness (QED) is 0.277. The lowest BCUT2D eigenvalue weighted by Gasteiger charge is -2.30. The van der Waals surface area contributed by atoms with Crippen molar-refractivity contribution in [3.8, 4) is 17.4 Å². The highest BCUT2D eigenvalue weighted by molar-refractivity contribution is 7.99. The van der Waals surface area contributed by atoms with Crippen molar-refractivity contribution in [3.63, 3.8) is 0 Å². The monoisotopic (exact) mass is 561 g/mol. The third-order valence-electron chi connectivity index (χ3n) is 5.94. The number of hydrogen-bond acceptors (Lipinski definition) is 9. The largest absolute Gasteiger partial charge is 0.444 e. The summed E-state index contributed by atoms with van der Waals surface area (Å²) in [6.45, 7) is 8.53. The van der Waals surface area contributed by atoms with Crippen molar-refractivity contribution in [2.24, 2.45) is 0 Å². The summed E-state index contributed by atoms with van der Waals surface area (Å²) in [6.07, 6.45) is -1.15. The first kappa shape index (κ1) is 28.7. The Morgan fingerprint density at radius 3 is 2.48 bits per heavy atom.